The van der Waals surface area contributed by atoms with Gasteiger partial charge in [0.15, 0.2) is 0 Å². The highest BCUT2D eigenvalue weighted by molar-refractivity contribution is 7.79. The van der Waals surface area contributed by atoms with Crippen LogP contribution < -0.4 is 5.73 Å². The summed E-state index contributed by atoms with van der Waals surface area (Å²) in [4.78, 5) is 4.21. The predicted molar refractivity (Wildman–Crippen MR) is 59.7 cm³/mol. The Hall–Kier alpha value is -1.46. The monoisotopic (exact) mass is 223 g/mol. The summed E-state index contributed by atoms with van der Waals surface area (Å²) in [6, 6.07) is 6.21. The number of benzene rings is 1. The summed E-state index contributed by atoms with van der Waals surface area (Å²) in [5, 5.41) is 0. The lowest BCUT2D eigenvalue weighted by Gasteiger charge is -2.05. The van der Waals surface area contributed by atoms with Gasteiger partial charge in [0.25, 0.3) is 0 Å². The fraction of sp³-hybridized carbons (Fsp3) is 0.100. The third-order valence-electron chi connectivity index (χ3n) is 1.70. The molecule has 1 aromatic rings. The number of hydrogen-bond donors (Lipinski definition) is 1. The van der Waals surface area contributed by atoms with Crippen molar-refractivity contribution in [2.45, 2.75) is 11.8 Å². The van der Waals surface area contributed by atoms with Gasteiger partial charge in [0.1, 0.15) is 5.84 Å². The molecule has 1 unspecified atom stereocenters. The van der Waals surface area contributed by atoms with E-state index in [-0.39, 0.29) is 4.90 Å². The second kappa shape index (κ2) is 4.86. The molecule has 0 bridgehead atoms. The zero-order valence-electron chi connectivity index (χ0n) is 8.27. The van der Waals surface area contributed by atoms with Gasteiger partial charge >= 0.3 is 0 Å². The van der Waals surface area contributed by atoms with E-state index in [1.165, 1.54) is 12.1 Å². The van der Waals surface area contributed by atoms with Crippen LogP contribution in [0.4, 0.5) is 5.69 Å². The molecule has 2 N–H and O–H groups in total. The van der Waals surface area contributed by atoms with Gasteiger partial charge in [0.2, 0.25) is 0 Å². The summed E-state index contributed by atoms with van der Waals surface area (Å²) >= 11 is -2.25. The van der Waals surface area contributed by atoms with Gasteiger partial charge in [-0.3, -0.25) is 4.21 Å². The Balaban J connectivity index is 3.06. The summed E-state index contributed by atoms with van der Waals surface area (Å²) in [6.45, 7) is 5.36. The molecule has 0 amide bonds. The van der Waals surface area contributed by atoms with Crippen molar-refractivity contribution in [2.75, 3.05) is 0 Å². The first-order valence-electron chi connectivity index (χ1n) is 4.20. The molecule has 0 saturated carbocycles. The third-order valence-corrected chi connectivity index (χ3v) is 2.34. The minimum atomic E-state index is -2.25. The van der Waals surface area contributed by atoms with E-state index in [9.17, 15) is 8.76 Å². The van der Waals surface area contributed by atoms with Crippen LogP contribution in [-0.4, -0.2) is 14.6 Å². The maximum absolute atomic E-state index is 10.7. The SMILES string of the molecule is C=C(C)C(N)=Nc1cccc(S(=O)[O-])c1. The molecule has 5 heteroatoms. The fourth-order valence-electron chi connectivity index (χ4n) is 0.891. The Morgan fingerprint density at radius 2 is 2.27 bits per heavy atom. The summed E-state index contributed by atoms with van der Waals surface area (Å²) in [5.41, 5.74) is 6.71. The number of amidine groups is 1. The van der Waals surface area contributed by atoms with Crippen LogP contribution >= 0.6 is 0 Å². The third kappa shape index (κ3) is 3.30. The second-order valence-corrected chi connectivity index (χ2v) is 3.95. The van der Waals surface area contributed by atoms with Crippen molar-refractivity contribution >= 4 is 22.6 Å². The lowest BCUT2D eigenvalue weighted by molar-refractivity contribution is 0.537. The molecule has 80 valence electrons. The molecule has 1 aromatic carbocycles. The lowest BCUT2D eigenvalue weighted by Crippen LogP contribution is -2.11. The maximum atomic E-state index is 10.7. The molecule has 15 heavy (non-hydrogen) atoms. The van der Waals surface area contributed by atoms with Crippen LogP contribution in [0.25, 0.3) is 0 Å². The molecular weight excluding hydrogens is 212 g/mol. The zero-order chi connectivity index (χ0) is 11.4. The first-order valence-corrected chi connectivity index (χ1v) is 5.27. The number of aliphatic imine (C=N–C) groups is 1. The minimum absolute atomic E-state index is 0.186. The van der Waals surface area contributed by atoms with Crippen LogP contribution in [0.5, 0.6) is 0 Å². The average Bonchev–Trinajstić information content (AvgIpc) is 2.18. The molecular formula is C10H11N2O2S-. The Morgan fingerprint density at radius 3 is 2.80 bits per heavy atom. The van der Waals surface area contributed by atoms with Gasteiger partial charge in [-0.25, -0.2) is 4.99 Å². The number of nitrogens with two attached hydrogens (primary N) is 1. The second-order valence-electron chi connectivity index (χ2n) is 3.01. The van der Waals surface area contributed by atoms with Crippen LogP contribution in [0, 0.1) is 0 Å². The van der Waals surface area contributed by atoms with E-state index in [1.54, 1.807) is 19.1 Å². The largest absolute Gasteiger partial charge is 0.768 e. The molecule has 0 radical (unpaired) electrons. The van der Waals surface area contributed by atoms with Crippen LogP contribution in [0.2, 0.25) is 0 Å². The first kappa shape index (κ1) is 11.6. The van der Waals surface area contributed by atoms with Gasteiger partial charge in [-0.15, -0.1) is 0 Å². The molecule has 0 fully saturated rings. The highest BCUT2D eigenvalue weighted by Gasteiger charge is 1.97. The van der Waals surface area contributed by atoms with Crippen molar-refractivity contribution in [2.24, 2.45) is 10.7 Å². The predicted octanol–water partition coefficient (Wildman–Crippen LogP) is 1.49. The number of hydrogen-bond acceptors (Lipinski definition) is 3. The Morgan fingerprint density at radius 1 is 1.60 bits per heavy atom. The molecule has 0 spiro atoms. The van der Waals surface area contributed by atoms with E-state index in [4.69, 9.17) is 5.73 Å². The van der Waals surface area contributed by atoms with Gasteiger partial charge in [-0.05, 0) is 41.8 Å². The van der Waals surface area contributed by atoms with E-state index in [1.807, 2.05) is 0 Å². The van der Waals surface area contributed by atoms with Crippen molar-refractivity contribution in [3.63, 3.8) is 0 Å². The van der Waals surface area contributed by atoms with Crippen molar-refractivity contribution in [3.05, 3.63) is 36.4 Å². The van der Waals surface area contributed by atoms with E-state index in [0.717, 1.165) is 0 Å². The van der Waals surface area contributed by atoms with E-state index >= 15 is 0 Å². The molecule has 1 rings (SSSR count). The van der Waals surface area contributed by atoms with Crippen molar-refractivity contribution in [3.8, 4) is 0 Å². The van der Waals surface area contributed by atoms with Crippen LogP contribution in [0.1, 0.15) is 6.92 Å². The fourth-order valence-corrected chi connectivity index (χ4v) is 1.30. The molecule has 0 aliphatic heterocycles. The normalized spacial score (nSPS) is 13.6. The minimum Gasteiger partial charge on any atom is -0.768 e. The smallest absolute Gasteiger partial charge is 0.126 e. The Bertz CT molecular complexity index is 441. The Kier molecular flexibility index (Phi) is 3.76. The van der Waals surface area contributed by atoms with Gasteiger partial charge in [0.05, 0.1) is 5.69 Å². The maximum Gasteiger partial charge on any atom is 0.126 e. The summed E-state index contributed by atoms with van der Waals surface area (Å²) in [7, 11) is 0. The van der Waals surface area contributed by atoms with Crippen LogP contribution in [0.3, 0.4) is 0 Å². The van der Waals surface area contributed by atoms with Crippen molar-refractivity contribution in [1.29, 1.82) is 0 Å². The molecule has 0 saturated heterocycles. The van der Waals surface area contributed by atoms with Crippen LogP contribution in [-0.2, 0) is 11.1 Å². The van der Waals surface area contributed by atoms with E-state index in [0.29, 0.717) is 17.1 Å². The van der Waals surface area contributed by atoms with Gasteiger partial charge in [-0.1, -0.05) is 12.6 Å². The standard InChI is InChI=1S/C10H12N2O2S/c1-7(2)10(11)12-8-4-3-5-9(6-8)15(13)14/h3-6H,1H2,2H3,(H2,11,12)(H,13,14)/p-1. The Labute approximate surface area is 90.8 Å². The van der Waals surface area contributed by atoms with Gasteiger partial charge in [0, 0.05) is 4.90 Å². The summed E-state index contributed by atoms with van der Waals surface area (Å²) in [5.74, 6) is 0.295. The first-order chi connectivity index (χ1) is 7.00. The van der Waals surface area contributed by atoms with Crippen LogP contribution in [0.15, 0.2) is 46.3 Å². The highest BCUT2D eigenvalue weighted by atomic mass is 32.2. The lowest BCUT2D eigenvalue weighted by atomic mass is 10.3. The number of rotatable bonds is 3. The average molecular weight is 223 g/mol. The molecule has 0 heterocycles. The van der Waals surface area contributed by atoms with Gasteiger partial charge < -0.3 is 10.3 Å². The van der Waals surface area contributed by atoms with Crippen molar-refractivity contribution in [1.82, 2.24) is 0 Å². The molecule has 0 aliphatic rings. The summed E-state index contributed by atoms with van der Waals surface area (Å²) < 4.78 is 21.4. The highest BCUT2D eigenvalue weighted by Crippen LogP contribution is 2.16. The molecule has 0 aliphatic carbocycles. The van der Waals surface area contributed by atoms with Gasteiger partial charge in [-0.2, -0.15) is 0 Å². The molecule has 1 atom stereocenters. The summed E-state index contributed by atoms with van der Waals surface area (Å²) in [6.07, 6.45) is 0. The van der Waals surface area contributed by atoms with E-state index in [2.05, 4.69) is 11.6 Å². The van der Waals surface area contributed by atoms with E-state index < -0.39 is 11.1 Å². The quantitative estimate of drug-likeness (QED) is 0.479. The molecule has 0 aromatic heterocycles. The van der Waals surface area contributed by atoms with Crippen molar-refractivity contribution < 1.29 is 8.76 Å². The number of nitrogens with zero attached hydrogens (tertiary/aromatic N) is 1. The molecule has 4 nitrogen and oxygen atoms in total. The zero-order valence-corrected chi connectivity index (χ0v) is 9.08. The topological polar surface area (TPSA) is 78.5 Å².